The molecule has 0 aromatic heterocycles. The Hall–Kier alpha value is -1.97. The molecule has 2 unspecified atom stereocenters. The molecule has 0 spiro atoms. The van der Waals surface area contributed by atoms with Gasteiger partial charge in [0.15, 0.2) is 6.73 Å². The zero-order chi connectivity index (χ0) is 13.5. The number of amides is 1. The van der Waals surface area contributed by atoms with Crippen LogP contribution in [0.4, 0.5) is 0 Å². The topological polar surface area (TPSA) is 55.6 Å². The Labute approximate surface area is 112 Å². The number of carbonyl (C=O) groups is 1. The van der Waals surface area contributed by atoms with E-state index in [4.69, 9.17) is 10.5 Å². The third-order valence-corrected chi connectivity index (χ3v) is 4.46. The van der Waals surface area contributed by atoms with Crippen LogP contribution >= 0.6 is 0 Å². The highest BCUT2D eigenvalue weighted by atomic mass is 16.5. The maximum absolute atomic E-state index is 12.1. The molecule has 1 aliphatic carbocycles. The molecular weight excluding hydrogens is 240 g/mol. The molecule has 2 N–H and O–H groups in total. The Kier molecular flexibility index (Phi) is 2.73. The first-order valence-electron chi connectivity index (χ1n) is 6.57. The number of benzene rings is 1. The minimum absolute atomic E-state index is 0.118. The summed E-state index contributed by atoms with van der Waals surface area (Å²) in [5.41, 5.74) is 7.54. The van der Waals surface area contributed by atoms with Crippen molar-refractivity contribution in [2.24, 2.45) is 5.73 Å². The molecule has 1 amide bonds. The van der Waals surface area contributed by atoms with Crippen molar-refractivity contribution >= 4 is 5.91 Å². The van der Waals surface area contributed by atoms with Crippen LogP contribution in [0.15, 0.2) is 36.7 Å². The van der Waals surface area contributed by atoms with Gasteiger partial charge in [0.25, 0.3) is 0 Å². The first-order chi connectivity index (χ1) is 9.14. The maximum atomic E-state index is 12.1. The Morgan fingerprint density at radius 2 is 2.26 bits per heavy atom. The molecule has 0 saturated heterocycles. The lowest BCUT2D eigenvalue weighted by Gasteiger charge is -2.40. The van der Waals surface area contributed by atoms with E-state index in [1.165, 1.54) is 11.1 Å². The van der Waals surface area contributed by atoms with Gasteiger partial charge >= 0.3 is 0 Å². The van der Waals surface area contributed by atoms with Crippen LogP contribution in [0.2, 0.25) is 0 Å². The van der Waals surface area contributed by atoms with Crippen LogP contribution in [-0.4, -0.2) is 23.1 Å². The van der Waals surface area contributed by atoms with E-state index in [1.807, 2.05) is 30.2 Å². The molecule has 2 aliphatic rings. The summed E-state index contributed by atoms with van der Waals surface area (Å²) in [4.78, 5) is 14.0. The van der Waals surface area contributed by atoms with E-state index in [2.05, 4.69) is 12.1 Å². The number of rotatable bonds is 3. The van der Waals surface area contributed by atoms with Gasteiger partial charge in [-0.15, -0.1) is 0 Å². The molecule has 4 heteroatoms. The maximum Gasteiger partial charge on any atom is 0.243 e. The van der Waals surface area contributed by atoms with Crippen LogP contribution in [0.5, 0.6) is 0 Å². The zero-order valence-electron chi connectivity index (χ0n) is 11.0. The van der Waals surface area contributed by atoms with E-state index in [-0.39, 0.29) is 11.8 Å². The monoisotopic (exact) mass is 258 g/mol. The standard InChI is InChI=1S/C15H18N2O2/c1-15(14(16)18,17-8-9-19-10-17)13-7-6-11-4-2-3-5-12(11)13/h2-5,8-9,13H,6-7,10H2,1H3,(H2,16,18). The average molecular weight is 258 g/mol. The summed E-state index contributed by atoms with van der Waals surface area (Å²) in [5.74, 6) is -0.183. The van der Waals surface area contributed by atoms with Gasteiger partial charge in [0.1, 0.15) is 11.8 Å². The predicted molar refractivity (Wildman–Crippen MR) is 72.0 cm³/mol. The fraction of sp³-hybridized carbons (Fsp3) is 0.400. The van der Waals surface area contributed by atoms with Crippen molar-refractivity contribution in [3.63, 3.8) is 0 Å². The van der Waals surface area contributed by atoms with Crippen LogP contribution in [0, 0.1) is 0 Å². The van der Waals surface area contributed by atoms with Gasteiger partial charge in [-0.1, -0.05) is 24.3 Å². The van der Waals surface area contributed by atoms with Crippen LogP contribution in [-0.2, 0) is 16.0 Å². The third kappa shape index (κ3) is 1.70. The highest BCUT2D eigenvalue weighted by Crippen LogP contribution is 2.43. The molecular formula is C15H18N2O2. The number of aryl methyl sites for hydroxylation is 1. The van der Waals surface area contributed by atoms with Crippen molar-refractivity contribution in [2.45, 2.75) is 31.2 Å². The first kappa shape index (κ1) is 12.1. The van der Waals surface area contributed by atoms with Crippen molar-refractivity contribution in [3.8, 4) is 0 Å². The van der Waals surface area contributed by atoms with Gasteiger partial charge in [-0.25, -0.2) is 0 Å². The molecule has 1 aromatic carbocycles. The summed E-state index contributed by atoms with van der Waals surface area (Å²) in [7, 11) is 0. The number of carbonyl (C=O) groups excluding carboxylic acids is 1. The van der Waals surface area contributed by atoms with E-state index < -0.39 is 5.54 Å². The van der Waals surface area contributed by atoms with Crippen LogP contribution in [0.1, 0.15) is 30.4 Å². The van der Waals surface area contributed by atoms with Gasteiger partial charge in [-0.2, -0.15) is 0 Å². The Bertz CT molecular complexity index is 541. The molecule has 0 saturated carbocycles. The van der Waals surface area contributed by atoms with Crippen LogP contribution in [0.3, 0.4) is 0 Å². The number of nitrogens with zero attached hydrogens (tertiary/aromatic N) is 1. The molecule has 0 radical (unpaired) electrons. The summed E-state index contributed by atoms with van der Waals surface area (Å²) in [6.07, 6.45) is 5.37. The number of hydrogen-bond acceptors (Lipinski definition) is 3. The van der Waals surface area contributed by atoms with Crippen LogP contribution in [0.25, 0.3) is 0 Å². The quantitative estimate of drug-likeness (QED) is 0.898. The number of nitrogens with two attached hydrogens (primary N) is 1. The summed E-state index contributed by atoms with van der Waals surface area (Å²) < 4.78 is 5.24. The second-order valence-corrected chi connectivity index (χ2v) is 5.35. The molecule has 0 bridgehead atoms. The molecule has 1 heterocycles. The lowest BCUT2D eigenvalue weighted by atomic mass is 9.79. The van der Waals surface area contributed by atoms with Crippen LogP contribution < -0.4 is 5.73 Å². The Balaban J connectivity index is 2.03. The zero-order valence-corrected chi connectivity index (χ0v) is 11.0. The third-order valence-electron chi connectivity index (χ3n) is 4.46. The minimum Gasteiger partial charge on any atom is -0.479 e. The molecule has 3 rings (SSSR count). The summed E-state index contributed by atoms with van der Waals surface area (Å²) in [5, 5.41) is 0. The molecule has 1 aliphatic heterocycles. The van der Waals surface area contributed by atoms with E-state index in [0.29, 0.717) is 6.73 Å². The van der Waals surface area contributed by atoms with E-state index >= 15 is 0 Å². The van der Waals surface area contributed by atoms with Crippen molar-refractivity contribution in [2.75, 3.05) is 6.73 Å². The van der Waals surface area contributed by atoms with Crippen molar-refractivity contribution in [1.29, 1.82) is 0 Å². The van der Waals surface area contributed by atoms with Crippen molar-refractivity contribution in [1.82, 2.24) is 4.90 Å². The highest BCUT2D eigenvalue weighted by molar-refractivity contribution is 5.86. The predicted octanol–water partition coefficient (Wildman–Crippen LogP) is 1.72. The number of hydrogen-bond donors (Lipinski definition) is 1. The molecule has 1 aromatic rings. The fourth-order valence-corrected chi connectivity index (χ4v) is 3.23. The van der Waals surface area contributed by atoms with E-state index in [9.17, 15) is 4.79 Å². The highest BCUT2D eigenvalue weighted by Gasteiger charge is 2.47. The number of primary amides is 1. The van der Waals surface area contributed by atoms with Gasteiger partial charge in [-0.3, -0.25) is 4.79 Å². The van der Waals surface area contributed by atoms with E-state index in [0.717, 1.165) is 12.8 Å². The van der Waals surface area contributed by atoms with Gasteiger partial charge < -0.3 is 15.4 Å². The largest absolute Gasteiger partial charge is 0.479 e. The Morgan fingerprint density at radius 1 is 1.47 bits per heavy atom. The van der Waals surface area contributed by atoms with Gasteiger partial charge in [0.05, 0.1) is 0 Å². The lowest BCUT2D eigenvalue weighted by Crippen LogP contribution is -2.56. The summed E-state index contributed by atoms with van der Waals surface area (Å²) in [6, 6.07) is 8.30. The Morgan fingerprint density at radius 3 is 2.95 bits per heavy atom. The number of ether oxygens (including phenoxy) is 1. The molecule has 4 nitrogen and oxygen atoms in total. The molecule has 2 atom stereocenters. The SMILES string of the molecule is CC(C(N)=O)(C1CCc2ccccc21)N1C=COC1. The molecule has 19 heavy (non-hydrogen) atoms. The second-order valence-electron chi connectivity index (χ2n) is 5.35. The van der Waals surface area contributed by atoms with Gasteiger partial charge in [-0.05, 0) is 30.9 Å². The lowest BCUT2D eigenvalue weighted by molar-refractivity contribution is -0.130. The fourth-order valence-electron chi connectivity index (χ4n) is 3.23. The summed E-state index contributed by atoms with van der Waals surface area (Å²) >= 11 is 0. The van der Waals surface area contributed by atoms with E-state index in [1.54, 1.807) is 6.26 Å². The van der Waals surface area contributed by atoms with Gasteiger partial charge in [0.2, 0.25) is 5.91 Å². The number of fused-ring (bicyclic) bond motifs is 1. The van der Waals surface area contributed by atoms with Crippen molar-refractivity contribution < 1.29 is 9.53 Å². The van der Waals surface area contributed by atoms with Crippen molar-refractivity contribution in [3.05, 3.63) is 47.9 Å². The summed E-state index contributed by atoms with van der Waals surface area (Å²) in [6.45, 7) is 2.30. The molecule has 0 fully saturated rings. The second kappa shape index (κ2) is 4.30. The smallest absolute Gasteiger partial charge is 0.243 e. The van der Waals surface area contributed by atoms with Gasteiger partial charge in [0, 0.05) is 12.1 Å². The normalized spacial score (nSPS) is 23.8. The minimum atomic E-state index is -0.737. The first-order valence-corrected chi connectivity index (χ1v) is 6.57. The molecule has 100 valence electrons. The average Bonchev–Trinajstić information content (AvgIpc) is 3.07.